The number of nitrogens with two attached hydrogens (primary N) is 1. The molecule has 0 radical (unpaired) electrons. The van der Waals surface area contributed by atoms with Gasteiger partial charge in [-0.15, -0.1) is 24.8 Å². The number of ether oxygens (including phenoxy) is 2. The van der Waals surface area contributed by atoms with Crippen LogP contribution in [0.25, 0.3) is 0 Å². The smallest absolute Gasteiger partial charge is 0.233 e. The number of hydrogen-bond acceptors (Lipinski definition) is 5. The number of halogens is 2. The van der Waals surface area contributed by atoms with E-state index in [1.165, 1.54) is 14.2 Å². The van der Waals surface area contributed by atoms with Gasteiger partial charge in [-0.2, -0.15) is 0 Å². The molecule has 0 heterocycles. The summed E-state index contributed by atoms with van der Waals surface area (Å²) in [6.45, 7) is -0.0402. The summed E-state index contributed by atoms with van der Waals surface area (Å²) in [7, 11) is 3.05. The van der Waals surface area contributed by atoms with Gasteiger partial charge in [0.1, 0.15) is 11.5 Å². The van der Waals surface area contributed by atoms with E-state index in [-0.39, 0.29) is 43.8 Å². The highest BCUT2D eigenvalue weighted by Crippen LogP contribution is 2.28. The van der Waals surface area contributed by atoms with Crippen molar-refractivity contribution in [1.29, 1.82) is 0 Å². The monoisotopic (exact) mass is 326 g/mol. The topological polar surface area (TPSA) is 93.8 Å². The summed E-state index contributed by atoms with van der Waals surface area (Å²) in [6, 6.07) is 5.09. The van der Waals surface area contributed by atoms with Gasteiger partial charge < -0.3 is 25.6 Å². The van der Waals surface area contributed by atoms with Crippen molar-refractivity contribution in [2.45, 2.75) is 6.10 Å². The Labute approximate surface area is 130 Å². The van der Waals surface area contributed by atoms with Gasteiger partial charge in [0.25, 0.3) is 0 Å². The van der Waals surface area contributed by atoms with Crippen molar-refractivity contribution in [3.05, 3.63) is 23.8 Å². The molecule has 0 saturated heterocycles. The van der Waals surface area contributed by atoms with Gasteiger partial charge in [-0.3, -0.25) is 4.79 Å². The molecular weight excluding hydrogens is 307 g/mol. The molecule has 0 fully saturated rings. The van der Waals surface area contributed by atoms with E-state index in [9.17, 15) is 9.90 Å². The predicted molar refractivity (Wildman–Crippen MR) is 81.1 cm³/mol. The van der Waals surface area contributed by atoms with E-state index < -0.39 is 6.10 Å². The molecule has 1 atom stereocenters. The molecule has 0 aromatic heterocycles. The third-order valence-corrected chi connectivity index (χ3v) is 2.47. The number of benzene rings is 1. The molecule has 1 aromatic carbocycles. The minimum Gasteiger partial charge on any atom is -0.497 e. The fourth-order valence-corrected chi connectivity index (χ4v) is 1.49. The first-order chi connectivity index (χ1) is 8.62. The van der Waals surface area contributed by atoms with Crippen LogP contribution in [-0.2, 0) is 4.79 Å². The maximum Gasteiger partial charge on any atom is 0.233 e. The van der Waals surface area contributed by atoms with Crippen LogP contribution in [0.1, 0.15) is 11.7 Å². The summed E-state index contributed by atoms with van der Waals surface area (Å²) in [6.07, 6.45) is -0.884. The van der Waals surface area contributed by atoms with E-state index in [1.54, 1.807) is 18.2 Å². The first-order valence-corrected chi connectivity index (χ1v) is 5.49. The highest BCUT2D eigenvalue weighted by atomic mass is 35.5. The largest absolute Gasteiger partial charge is 0.497 e. The summed E-state index contributed by atoms with van der Waals surface area (Å²) in [4.78, 5) is 11.0. The van der Waals surface area contributed by atoms with Crippen LogP contribution >= 0.6 is 24.8 Å². The minimum absolute atomic E-state index is 0. The number of nitrogens with one attached hydrogen (secondary N) is 1. The molecule has 0 saturated carbocycles. The molecule has 1 aromatic rings. The van der Waals surface area contributed by atoms with E-state index in [4.69, 9.17) is 15.2 Å². The van der Waals surface area contributed by atoms with Crippen molar-refractivity contribution in [3.8, 4) is 11.5 Å². The fourth-order valence-electron chi connectivity index (χ4n) is 1.49. The molecule has 0 bridgehead atoms. The van der Waals surface area contributed by atoms with E-state index in [0.717, 1.165) is 0 Å². The molecule has 0 spiro atoms. The molecule has 1 unspecified atom stereocenters. The third kappa shape index (κ3) is 5.83. The van der Waals surface area contributed by atoms with Crippen molar-refractivity contribution >= 4 is 30.7 Å². The molecule has 6 nitrogen and oxygen atoms in total. The van der Waals surface area contributed by atoms with E-state index >= 15 is 0 Å². The molecule has 8 heteroatoms. The Bertz CT molecular complexity index is 418. The Balaban J connectivity index is 0. The number of methoxy groups -OCH3 is 2. The summed E-state index contributed by atoms with van der Waals surface area (Å²) < 4.78 is 10.2. The number of amides is 1. The Morgan fingerprint density at radius 3 is 2.50 bits per heavy atom. The van der Waals surface area contributed by atoms with Crippen LogP contribution in [-0.4, -0.2) is 38.3 Å². The van der Waals surface area contributed by atoms with Crippen molar-refractivity contribution < 1.29 is 19.4 Å². The fraction of sp³-hybridized carbons (Fsp3) is 0.417. The van der Waals surface area contributed by atoms with Gasteiger partial charge in [0, 0.05) is 12.1 Å². The Kier molecular flexibility index (Phi) is 11.1. The van der Waals surface area contributed by atoms with E-state index in [2.05, 4.69) is 5.32 Å². The first-order valence-electron chi connectivity index (χ1n) is 5.49. The molecular formula is C12H20Cl2N2O4. The SMILES string of the molecule is COc1ccc(OC)c(C(O)CNC(=O)CN)c1.Cl.Cl. The van der Waals surface area contributed by atoms with Crippen LogP contribution in [0, 0.1) is 0 Å². The summed E-state index contributed by atoms with van der Waals surface area (Å²) in [5.41, 5.74) is 5.71. The van der Waals surface area contributed by atoms with Gasteiger partial charge in [-0.05, 0) is 18.2 Å². The molecule has 0 aliphatic carbocycles. The van der Waals surface area contributed by atoms with Crippen LogP contribution in [0.15, 0.2) is 18.2 Å². The first kappa shape index (κ1) is 21.1. The lowest BCUT2D eigenvalue weighted by molar-refractivity contribution is -0.120. The number of aliphatic hydroxyl groups excluding tert-OH is 1. The van der Waals surface area contributed by atoms with Gasteiger partial charge >= 0.3 is 0 Å². The average Bonchev–Trinajstić information content (AvgIpc) is 2.43. The highest BCUT2D eigenvalue weighted by Gasteiger charge is 2.15. The van der Waals surface area contributed by atoms with Gasteiger partial charge in [-0.25, -0.2) is 0 Å². The quantitative estimate of drug-likeness (QED) is 0.713. The second kappa shape index (κ2) is 10.6. The summed E-state index contributed by atoms with van der Waals surface area (Å²) in [5.74, 6) is 0.816. The van der Waals surface area contributed by atoms with Gasteiger partial charge in [-0.1, -0.05) is 0 Å². The minimum atomic E-state index is -0.884. The normalized spacial score (nSPS) is 10.6. The van der Waals surface area contributed by atoms with Crippen LogP contribution in [0.3, 0.4) is 0 Å². The Morgan fingerprint density at radius 2 is 2.00 bits per heavy atom. The van der Waals surface area contributed by atoms with Gasteiger partial charge in [0.05, 0.1) is 26.9 Å². The predicted octanol–water partition coefficient (Wildman–Crippen LogP) is 0.656. The molecule has 4 N–H and O–H groups in total. The zero-order valence-electron chi connectivity index (χ0n) is 11.3. The van der Waals surface area contributed by atoms with Crippen LogP contribution in [0.4, 0.5) is 0 Å². The number of aliphatic hydroxyl groups is 1. The molecule has 1 amide bonds. The maximum atomic E-state index is 11.0. The molecule has 116 valence electrons. The van der Waals surface area contributed by atoms with Crippen LogP contribution < -0.4 is 20.5 Å². The number of carbonyl (C=O) groups is 1. The molecule has 0 aliphatic rings. The second-order valence-electron chi connectivity index (χ2n) is 3.63. The van der Waals surface area contributed by atoms with Crippen LogP contribution in [0.5, 0.6) is 11.5 Å². The number of carbonyl (C=O) groups excluding carboxylic acids is 1. The van der Waals surface area contributed by atoms with E-state index in [0.29, 0.717) is 17.1 Å². The Hall–Kier alpha value is -1.21. The van der Waals surface area contributed by atoms with Gasteiger partial charge in [0.15, 0.2) is 0 Å². The number of rotatable bonds is 6. The van der Waals surface area contributed by atoms with Crippen LogP contribution in [0.2, 0.25) is 0 Å². The third-order valence-electron chi connectivity index (χ3n) is 2.47. The second-order valence-corrected chi connectivity index (χ2v) is 3.63. The van der Waals surface area contributed by atoms with Crippen molar-refractivity contribution in [1.82, 2.24) is 5.32 Å². The van der Waals surface area contributed by atoms with Crippen molar-refractivity contribution in [2.24, 2.45) is 5.73 Å². The molecule has 1 rings (SSSR count). The number of hydrogen-bond donors (Lipinski definition) is 3. The summed E-state index contributed by atoms with van der Waals surface area (Å²) in [5, 5.41) is 12.5. The maximum absolute atomic E-state index is 11.0. The lowest BCUT2D eigenvalue weighted by Crippen LogP contribution is -2.33. The van der Waals surface area contributed by atoms with E-state index in [1.807, 2.05) is 0 Å². The van der Waals surface area contributed by atoms with Gasteiger partial charge in [0.2, 0.25) is 5.91 Å². The summed E-state index contributed by atoms with van der Waals surface area (Å²) >= 11 is 0. The zero-order valence-corrected chi connectivity index (χ0v) is 12.9. The standard InChI is InChI=1S/C12H18N2O4.2ClH/c1-17-8-3-4-11(18-2)9(5-8)10(15)7-14-12(16)6-13;;/h3-5,10,15H,6-7,13H2,1-2H3,(H,14,16);2*1H. The van der Waals surface area contributed by atoms with Crippen molar-refractivity contribution in [3.63, 3.8) is 0 Å². The van der Waals surface area contributed by atoms with Crippen molar-refractivity contribution in [2.75, 3.05) is 27.3 Å². The Morgan fingerprint density at radius 1 is 1.35 bits per heavy atom. The lowest BCUT2D eigenvalue weighted by Gasteiger charge is -2.16. The average molecular weight is 327 g/mol. The lowest BCUT2D eigenvalue weighted by atomic mass is 10.1. The molecule has 0 aliphatic heterocycles. The zero-order chi connectivity index (χ0) is 13.5. The molecule has 20 heavy (non-hydrogen) atoms. The highest BCUT2D eigenvalue weighted by molar-refractivity contribution is 5.85.